The summed E-state index contributed by atoms with van der Waals surface area (Å²) in [6.45, 7) is 5.77. The van der Waals surface area contributed by atoms with Crippen molar-refractivity contribution in [2.75, 3.05) is 6.54 Å². The first-order valence-corrected chi connectivity index (χ1v) is 6.10. The van der Waals surface area contributed by atoms with Crippen molar-refractivity contribution in [1.82, 2.24) is 5.32 Å². The summed E-state index contributed by atoms with van der Waals surface area (Å²) in [4.78, 5) is 22.2. The topological polar surface area (TPSA) is 55.4 Å². The highest BCUT2D eigenvalue weighted by Crippen LogP contribution is 2.08. The molecular formula is C15H19NO3. The van der Waals surface area contributed by atoms with Crippen LogP contribution in [-0.4, -0.2) is 24.5 Å². The van der Waals surface area contributed by atoms with Gasteiger partial charge in [0.05, 0.1) is 0 Å². The second-order valence-corrected chi connectivity index (χ2v) is 5.03. The number of ether oxygens (including phenoxy) is 1. The average molecular weight is 261 g/mol. The van der Waals surface area contributed by atoms with Crippen molar-refractivity contribution in [3.63, 3.8) is 0 Å². The molecule has 4 heteroatoms. The molecule has 102 valence electrons. The number of amides is 1. The summed E-state index contributed by atoms with van der Waals surface area (Å²) in [5.41, 5.74) is 0.942. The van der Waals surface area contributed by atoms with Gasteiger partial charge in [0.15, 0.2) is 6.29 Å². The van der Waals surface area contributed by atoms with Crippen molar-refractivity contribution < 1.29 is 14.3 Å². The van der Waals surface area contributed by atoms with Crippen LogP contribution in [0.4, 0.5) is 4.79 Å². The van der Waals surface area contributed by atoms with E-state index in [1.807, 2.05) is 32.9 Å². The predicted molar refractivity (Wildman–Crippen MR) is 75.1 cm³/mol. The molecule has 0 saturated carbocycles. The second-order valence-electron chi connectivity index (χ2n) is 5.03. The molecule has 0 aliphatic rings. The fourth-order valence-electron chi connectivity index (χ4n) is 1.41. The lowest BCUT2D eigenvalue weighted by atomic mass is 10.1. The summed E-state index contributed by atoms with van der Waals surface area (Å²) in [5.74, 6) is 0. The van der Waals surface area contributed by atoms with Gasteiger partial charge >= 0.3 is 6.09 Å². The van der Waals surface area contributed by atoms with E-state index in [4.69, 9.17) is 4.74 Å². The number of aldehydes is 1. The van der Waals surface area contributed by atoms with Crippen molar-refractivity contribution in [1.29, 1.82) is 0 Å². The van der Waals surface area contributed by atoms with E-state index in [1.54, 1.807) is 24.3 Å². The van der Waals surface area contributed by atoms with Crippen LogP contribution in [-0.2, 0) is 4.74 Å². The molecule has 1 rings (SSSR count). The molecule has 0 aliphatic heterocycles. The molecule has 0 heterocycles. The Morgan fingerprint density at radius 2 is 1.89 bits per heavy atom. The van der Waals surface area contributed by atoms with Gasteiger partial charge in [0.1, 0.15) is 5.60 Å². The highest BCUT2D eigenvalue weighted by molar-refractivity contribution is 5.81. The van der Waals surface area contributed by atoms with Crippen LogP contribution in [0, 0.1) is 0 Å². The molecule has 1 aromatic carbocycles. The molecule has 0 atom stereocenters. The second kappa shape index (κ2) is 6.73. The Kier molecular flexibility index (Phi) is 5.30. The van der Waals surface area contributed by atoms with Crippen LogP contribution in [0.15, 0.2) is 30.3 Å². The summed E-state index contributed by atoms with van der Waals surface area (Å²) in [6, 6.07) is 7.25. The van der Waals surface area contributed by atoms with Gasteiger partial charge < -0.3 is 10.1 Å². The van der Waals surface area contributed by atoms with Gasteiger partial charge in [-0.1, -0.05) is 36.4 Å². The van der Waals surface area contributed by atoms with Crippen LogP contribution < -0.4 is 5.32 Å². The lowest BCUT2D eigenvalue weighted by Crippen LogP contribution is -2.32. The number of benzene rings is 1. The van der Waals surface area contributed by atoms with E-state index >= 15 is 0 Å². The summed E-state index contributed by atoms with van der Waals surface area (Å²) >= 11 is 0. The van der Waals surface area contributed by atoms with E-state index in [0.717, 1.165) is 11.8 Å². The van der Waals surface area contributed by atoms with E-state index in [9.17, 15) is 9.59 Å². The Labute approximate surface area is 113 Å². The van der Waals surface area contributed by atoms with Gasteiger partial charge in [-0.15, -0.1) is 0 Å². The zero-order valence-electron chi connectivity index (χ0n) is 11.5. The van der Waals surface area contributed by atoms with E-state index in [-0.39, 0.29) is 0 Å². The molecule has 0 aromatic heterocycles. The van der Waals surface area contributed by atoms with Crippen molar-refractivity contribution in [2.24, 2.45) is 0 Å². The molecule has 0 unspecified atom stereocenters. The summed E-state index contributed by atoms with van der Waals surface area (Å²) in [6.07, 6.45) is 3.91. The van der Waals surface area contributed by atoms with Gasteiger partial charge in [0.25, 0.3) is 0 Å². The number of hydrogen-bond donors (Lipinski definition) is 1. The Bertz CT molecular complexity index is 473. The van der Waals surface area contributed by atoms with E-state index < -0.39 is 11.7 Å². The van der Waals surface area contributed by atoms with Gasteiger partial charge in [-0.2, -0.15) is 0 Å². The van der Waals surface area contributed by atoms with Crippen molar-refractivity contribution in [2.45, 2.75) is 26.4 Å². The largest absolute Gasteiger partial charge is 0.444 e. The molecule has 0 fully saturated rings. The van der Waals surface area contributed by atoms with Crippen LogP contribution in [0.5, 0.6) is 0 Å². The number of alkyl carbamates (subject to hydrolysis) is 1. The predicted octanol–water partition coefficient (Wildman–Crippen LogP) is 3.04. The summed E-state index contributed by atoms with van der Waals surface area (Å²) < 4.78 is 5.09. The molecule has 1 amide bonds. The van der Waals surface area contributed by atoms with Gasteiger partial charge in [-0.25, -0.2) is 4.79 Å². The molecule has 0 radical (unpaired) electrons. The van der Waals surface area contributed by atoms with Gasteiger partial charge in [0.2, 0.25) is 0 Å². The Morgan fingerprint density at radius 3 is 2.47 bits per heavy atom. The number of hydrogen-bond acceptors (Lipinski definition) is 3. The maximum atomic E-state index is 11.4. The zero-order valence-corrected chi connectivity index (χ0v) is 11.5. The third kappa shape index (κ3) is 5.86. The number of carbonyl (C=O) groups is 2. The molecule has 1 N–H and O–H groups in total. The SMILES string of the molecule is CC(C)(C)OC(=O)NCC=Cc1ccccc1C=O. The number of nitrogens with one attached hydrogen (secondary N) is 1. The van der Waals surface area contributed by atoms with Gasteiger partial charge in [-0.3, -0.25) is 4.79 Å². The number of carbonyl (C=O) groups excluding carboxylic acids is 2. The molecule has 4 nitrogen and oxygen atoms in total. The highest BCUT2D eigenvalue weighted by atomic mass is 16.6. The summed E-state index contributed by atoms with van der Waals surface area (Å²) in [7, 11) is 0. The Balaban J connectivity index is 2.47. The van der Waals surface area contributed by atoms with Crippen molar-refractivity contribution in [3.05, 3.63) is 41.5 Å². The highest BCUT2D eigenvalue weighted by Gasteiger charge is 2.14. The zero-order chi connectivity index (χ0) is 14.3. The lowest BCUT2D eigenvalue weighted by molar-refractivity contribution is 0.0534. The smallest absolute Gasteiger partial charge is 0.407 e. The minimum absolute atomic E-state index is 0.349. The quantitative estimate of drug-likeness (QED) is 0.847. The molecule has 0 aliphatic carbocycles. The Hall–Kier alpha value is -2.10. The van der Waals surface area contributed by atoms with Gasteiger partial charge in [-0.05, 0) is 26.3 Å². The third-order valence-electron chi connectivity index (χ3n) is 2.18. The molecule has 0 bridgehead atoms. The van der Waals surface area contributed by atoms with Crippen LogP contribution in [0.3, 0.4) is 0 Å². The fourth-order valence-corrected chi connectivity index (χ4v) is 1.41. The molecule has 1 aromatic rings. The monoisotopic (exact) mass is 261 g/mol. The van der Waals surface area contributed by atoms with Gasteiger partial charge in [0, 0.05) is 12.1 Å². The van der Waals surface area contributed by atoms with E-state index in [1.165, 1.54) is 0 Å². The Morgan fingerprint density at radius 1 is 1.26 bits per heavy atom. The lowest BCUT2D eigenvalue weighted by Gasteiger charge is -2.19. The summed E-state index contributed by atoms with van der Waals surface area (Å²) in [5, 5.41) is 2.61. The third-order valence-corrected chi connectivity index (χ3v) is 2.18. The minimum atomic E-state index is -0.502. The standard InChI is InChI=1S/C15H19NO3/c1-15(2,3)19-14(18)16-10-6-9-12-7-4-5-8-13(12)11-17/h4-9,11H,10H2,1-3H3,(H,16,18). The van der Waals surface area contributed by atoms with Crippen LogP contribution in [0.2, 0.25) is 0 Å². The van der Waals surface area contributed by atoms with E-state index in [0.29, 0.717) is 12.1 Å². The average Bonchev–Trinajstić information content (AvgIpc) is 2.33. The molecule has 19 heavy (non-hydrogen) atoms. The first-order valence-electron chi connectivity index (χ1n) is 6.10. The maximum Gasteiger partial charge on any atom is 0.407 e. The molecular weight excluding hydrogens is 242 g/mol. The van der Waals surface area contributed by atoms with Crippen molar-refractivity contribution in [3.8, 4) is 0 Å². The van der Waals surface area contributed by atoms with E-state index in [2.05, 4.69) is 5.32 Å². The van der Waals surface area contributed by atoms with Crippen LogP contribution in [0.25, 0.3) is 6.08 Å². The molecule has 0 spiro atoms. The van der Waals surface area contributed by atoms with Crippen LogP contribution in [0.1, 0.15) is 36.7 Å². The van der Waals surface area contributed by atoms with Crippen molar-refractivity contribution >= 4 is 18.5 Å². The normalized spacial score (nSPS) is 11.3. The van der Waals surface area contributed by atoms with Crippen LogP contribution >= 0.6 is 0 Å². The maximum absolute atomic E-state index is 11.4. The molecule has 0 saturated heterocycles. The number of rotatable bonds is 4. The first kappa shape index (κ1) is 15.0. The fraction of sp³-hybridized carbons (Fsp3) is 0.333. The first-order chi connectivity index (χ1) is 8.92. The minimum Gasteiger partial charge on any atom is -0.444 e.